The Kier molecular flexibility index (Phi) is 6.31. The quantitative estimate of drug-likeness (QED) is 0.843. The van der Waals surface area contributed by atoms with Crippen molar-refractivity contribution in [1.29, 1.82) is 0 Å². The summed E-state index contributed by atoms with van der Waals surface area (Å²) in [5.41, 5.74) is 1.53. The number of hydrogen-bond donors (Lipinski definition) is 1. The molecule has 0 atom stereocenters. The van der Waals surface area contributed by atoms with Gasteiger partial charge in [-0.2, -0.15) is 0 Å². The summed E-state index contributed by atoms with van der Waals surface area (Å²) >= 11 is 0. The van der Waals surface area contributed by atoms with Gasteiger partial charge in [-0.15, -0.1) is 0 Å². The predicted octanol–water partition coefficient (Wildman–Crippen LogP) is 1.87. The van der Waals surface area contributed by atoms with Gasteiger partial charge in [0, 0.05) is 44.5 Å². The molecule has 0 fully saturated rings. The van der Waals surface area contributed by atoms with Gasteiger partial charge in [0.25, 0.3) is 5.91 Å². The minimum Gasteiger partial charge on any atom is -0.497 e. The van der Waals surface area contributed by atoms with Crippen LogP contribution in [-0.4, -0.2) is 41.9 Å². The fraction of sp³-hybridized carbons (Fsp3) is 0.278. The third-order valence-corrected chi connectivity index (χ3v) is 3.57. The fourth-order valence-electron chi connectivity index (χ4n) is 2.23. The molecule has 0 saturated heterocycles. The van der Waals surface area contributed by atoms with Crippen LogP contribution < -0.4 is 10.1 Å². The van der Waals surface area contributed by atoms with Gasteiger partial charge in [0.15, 0.2) is 0 Å². The first-order chi connectivity index (χ1) is 11.6. The molecule has 24 heavy (non-hydrogen) atoms. The second-order valence-electron chi connectivity index (χ2n) is 5.28. The molecule has 0 aliphatic rings. The highest BCUT2D eigenvalue weighted by Crippen LogP contribution is 2.12. The van der Waals surface area contributed by atoms with Gasteiger partial charge in [-0.05, 0) is 35.9 Å². The molecule has 1 N–H and O–H groups in total. The lowest BCUT2D eigenvalue weighted by molar-refractivity contribution is -0.129. The van der Waals surface area contributed by atoms with Crippen molar-refractivity contribution in [1.82, 2.24) is 15.2 Å². The second-order valence-corrected chi connectivity index (χ2v) is 5.28. The number of rotatable bonds is 7. The molecule has 0 unspecified atom stereocenters. The second kappa shape index (κ2) is 8.67. The number of ether oxygens (including phenoxy) is 1. The molecule has 6 nitrogen and oxygen atoms in total. The number of methoxy groups -OCH3 is 1. The van der Waals surface area contributed by atoms with E-state index in [9.17, 15) is 9.59 Å². The van der Waals surface area contributed by atoms with Crippen molar-refractivity contribution in [2.45, 2.75) is 13.5 Å². The SMILES string of the molecule is COc1cccc(C(=O)NCCN(Cc2ccncc2)C(C)=O)c1. The van der Waals surface area contributed by atoms with Gasteiger partial charge in [-0.3, -0.25) is 14.6 Å². The van der Waals surface area contributed by atoms with Crippen molar-refractivity contribution in [3.8, 4) is 5.75 Å². The Morgan fingerprint density at radius 3 is 2.62 bits per heavy atom. The van der Waals surface area contributed by atoms with Crippen LogP contribution in [0.15, 0.2) is 48.8 Å². The average Bonchev–Trinajstić information content (AvgIpc) is 2.61. The highest BCUT2D eigenvalue weighted by atomic mass is 16.5. The molecule has 0 aliphatic heterocycles. The van der Waals surface area contributed by atoms with Crippen molar-refractivity contribution >= 4 is 11.8 Å². The number of aromatic nitrogens is 1. The number of pyridine rings is 1. The lowest BCUT2D eigenvalue weighted by Crippen LogP contribution is -2.37. The molecule has 6 heteroatoms. The summed E-state index contributed by atoms with van der Waals surface area (Å²) in [4.78, 5) is 29.5. The summed E-state index contributed by atoms with van der Waals surface area (Å²) in [6, 6.07) is 10.7. The minimum atomic E-state index is -0.193. The summed E-state index contributed by atoms with van der Waals surface area (Å²) in [6.07, 6.45) is 3.39. The molecule has 0 spiro atoms. The zero-order chi connectivity index (χ0) is 17.4. The Morgan fingerprint density at radius 2 is 1.96 bits per heavy atom. The zero-order valence-corrected chi connectivity index (χ0v) is 13.9. The molecule has 2 rings (SSSR count). The Labute approximate surface area is 141 Å². The van der Waals surface area contributed by atoms with Gasteiger partial charge in [0.1, 0.15) is 5.75 Å². The predicted molar refractivity (Wildman–Crippen MR) is 90.7 cm³/mol. The summed E-state index contributed by atoms with van der Waals surface area (Å²) in [5.74, 6) is 0.398. The van der Waals surface area contributed by atoms with E-state index in [4.69, 9.17) is 4.74 Å². The van der Waals surface area contributed by atoms with Crippen LogP contribution in [0.4, 0.5) is 0 Å². The third kappa shape index (κ3) is 5.08. The molecule has 1 heterocycles. The zero-order valence-electron chi connectivity index (χ0n) is 13.9. The molecule has 0 radical (unpaired) electrons. The van der Waals surface area contributed by atoms with E-state index in [1.807, 2.05) is 12.1 Å². The summed E-state index contributed by atoms with van der Waals surface area (Å²) in [6.45, 7) is 2.83. The fourth-order valence-corrected chi connectivity index (χ4v) is 2.23. The van der Waals surface area contributed by atoms with Crippen molar-refractivity contribution in [2.75, 3.05) is 20.2 Å². The number of carbonyl (C=O) groups is 2. The Morgan fingerprint density at radius 1 is 1.21 bits per heavy atom. The van der Waals surface area contributed by atoms with Crippen LogP contribution in [0.3, 0.4) is 0 Å². The van der Waals surface area contributed by atoms with E-state index >= 15 is 0 Å². The number of amides is 2. The van der Waals surface area contributed by atoms with Gasteiger partial charge < -0.3 is 15.0 Å². The Balaban J connectivity index is 1.88. The average molecular weight is 327 g/mol. The van der Waals surface area contributed by atoms with Gasteiger partial charge in [-0.25, -0.2) is 0 Å². The molecular weight excluding hydrogens is 306 g/mol. The van der Waals surface area contributed by atoms with Crippen LogP contribution >= 0.6 is 0 Å². The van der Waals surface area contributed by atoms with Crippen LogP contribution in [-0.2, 0) is 11.3 Å². The van der Waals surface area contributed by atoms with E-state index < -0.39 is 0 Å². The first-order valence-electron chi connectivity index (χ1n) is 7.67. The van der Waals surface area contributed by atoms with E-state index in [0.717, 1.165) is 5.56 Å². The van der Waals surface area contributed by atoms with Crippen molar-refractivity contribution in [3.05, 3.63) is 59.9 Å². The highest BCUT2D eigenvalue weighted by molar-refractivity contribution is 5.94. The molecule has 0 bridgehead atoms. The maximum absolute atomic E-state index is 12.1. The first-order valence-corrected chi connectivity index (χ1v) is 7.67. The maximum atomic E-state index is 12.1. The molecular formula is C18H21N3O3. The summed E-state index contributed by atoms with van der Waals surface area (Å²) < 4.78 is 5.11. The van der Waals surface area contributed by atoms with Gasteiger partial charge in [0.2, 0.25) is 5.91 Å². The van der Waals surface area contributed by atoms with E-state index in [0.29, 0.717) is 30.9 Å². The largest absolute Gasteiger partial charge is 0.497 e. The van der Waals surface area contributed by atoms with E-state index in [1.165, 1.54) is 6.92 Å². The van der Waals surface area contributed by atoms with Gasteiger partial charge in [-0.1, -0.05) is 6.07 Å². The number of hydrogen-bond acceptors (Lipinski definition) is 4. The first kappa shape index (κ1) is 17.5. The van der Waals surface area contributed by atoms with Gasteiger partial charge >= 0.3 is 0 Å². The number of benzene rings is 1. The molecule has 0 saturated carbocycles. The number of nitrogens with zero attached hydrogens (tertiary/aromatic N) is 2. The standard InChI is InChI=1S/C18H21N3O3/c1-14(22)21(13-15-6-8-19-9-7-15)11-10-20-18(23)16-4-3-5-17(12-16)24-2/h3-9,12H,10-11,13H2,1-2H3,(H,20,23). The van der Waals surface area contributed by atoms with E-state index in [2.05, 4.69) is 10.3 Å². The van der Waals surface area contributed by atoms with Crippen LogP contribution in [0.5, 0.6) is 5.75 Å². The molecule has 2 aromatic rings. The molecule has 0 aliphatic carbocycles. The Hall–Kier alpha value is -2.89. The topological polar surface area (TPSA) is 71.5 Å². The van der Waals surface area contributed by atoms with E-state index in [1.54, 1.807) is 48.7 Å². The van der Waals surface area contributed by atoms with E-state index in [-0.39, 0.29) is 11.8 Å². The van der Waals surface area contributed by atoms with Crippen LogP contribution in [0.2, 0.25) is 0 Å². The summed E-state index contributed by atoms with van der Waals surface area (Å²) in [7, 11) is 1.56. The highest BCUT2D eigenvalue weighted by Gasteiger charge is 2.11. The van der Waals surface area contributed by atoms with Crippen LogP contribution in [0.1, 0.15) is 22.8 Å². The minimum absolute atomic E-state index is 0.0394. The monoisotopic (exact) mass is 327 g/mol. The molecule has 1 aromatic heterocycles. The van der Waals surface area contributed by atoms with Gasteiger partial charge in [0.05, 0.1) is 7.11 Å². The molecule has 126 valence electrons. The normalized spacial score (nSPS) is 10.1. The number of carbonyl (C=O) groups excluding carboxylic acids is 2. The third-order valence-electron chi connectivity index (χ3n) is 3.57. The maximum Gasteiger partial charge on any atom is 0.251 e. The van der Waals surface area contributed by atoms with Crippen molar-refractivity contribution in [2.24, 2.45) is 0 Å². The lowest BCUT2D eigenvalue weighted by atomic mass is 10.2. The lowest BCUT2D eigenvalue weighted by Gasteiger charge is -2.21. The molecule has 1 aromatic carbocycles. The van der Waals surface area contributed by atoms with Crippen molar-refractivity contribution < 1.29 is 14.3 Å². The van der Waals surface area contributed by atoms with Crippen molar-refractivity contribution in [3.63, 3.8) is 0 Å². The van der Waals surface area contributed by atoms with Crippen LogP contribution in [0.25, 0.3) is 0 Å². The van der Waals surface area contributed by atoms with Crippen LogP contribution in [0, 0.1) is 0 Å². The number of nitrogens with one attached hydrogen (secondary N) is 1. The Bertz CT molecular complexity index is 689. The molecule has 2 amide bonds. The summed E-state index contributed by atoms with van der Waals surface area (Å²) in [5, 5.41) is 2.82. The smallest absolute Gasteiger partial charge is 0.251 e.